The van der Waals surface area contributed by atoms with Crippen LogP contribution in [-0.2, 0) is 4.79 Å². The van der Waals surface area contributed by atoms with E-state index in [-0.39, 0.29) is 11.5 Å². The van der Waals surface area contributed by atoms with Crippen molar-refractivity contribution < 1.29 is 19.1 Å². The molecular formula is C20H18O4. The lowest BCUT2D eigenvalue weighted by molar-refractivity contribution is -0.131. The molecule has 0 aromatic heterocycles. The molecule has 4 nitrogen and oxygen atoms in total. The highest BCUT2D eigenvalue weighted by Gasteiger charge is 2.27. The molecule has 122 valence electrons. The fourth-order valence-electron chi connectivity index (χ4n) is 2.53. The molecule has 1 heterocycles. The van der Waals surface area contributed by atoms with E-state index < -0.39 is 5.97 Å². The van der Waals surface area contributed by atoms with Crippen molar-refractivity contribution in [3.05, 3.63) is 64.9 Å². The normalized spacial score (nSPS) is 14.7. The second-order valence-electron chi connectivity index (χ2n) is 6.01. The van der Waals surface area contributed by atoms with Crippen molar-refractivity contribution in [2.75, 3.05) is 0 Å². The van der Waals surface area contributed by atoms with E-state index in [1.165, 1.54) is 12.5 Å². The number of fused-ring (bicyclic) bond motifs is 1. The molecule has 0 atom stereocenters. The Morgan fingerprint density at radius 1 is 1.12 bits per heavy atom. The summed E-state index contributed by atoms with van der Waals surface area (Å²) in [6.45, 7) is 5.59. The number of carbonyl (C=O) groups is 2. The van der Waals surface area contributed by atoms with E-state index in [9.17, 15) is 9.59 Å². The summed E-state index contributed by atoms with van der Waals surface area (Å²) in [7, 11) is 0. The first-order valence-electron chi connectivity index (χ1n) is 7.80. The summed E-state index contributed by atoms with van der Waals surface area (Å²) in [4.78, 5) is 23.4. The van der Waals surface area contributed by atoms with Gasteiger partial charge in [0.2, 0.25) is 5.78 Å². The van der Waals surface area contributed by atoms with E-state index in [1.807, 2.05) is 24.3 Å². The van der Waals surface area contributed by atoms with Gasteiger partial charge >= 0.3 is 5.97 Å². The lowest BCUT2D eigenvalue weighted by Gasteiger charge is -2.05. The largest absolute Gasteiger partial charge is 0.452 e. The Morgan fingerprint density at radius 2 is 1.83 bits per heavy atom. The van der Waals surface area contributed by atoms with Crippen molar-refractivity contribution in [2.45, 2.75) is 26.7 Å². The number of ketones is 1. The van der Waals surface area contributed by atoms with Gasteiger partial charge in [0, 0.05) is 13.0 Å². The summed E-state index contributed by atoms with van der Waals surface area (Å²) in [5, 5.41) is 0. The molecule has 2 aromatic rings. The zero-order valence-electron chi connectivity index (χ0n) is 13.8. The van der Waals surface area contributed by atoms with Gasteiger partial charge < -0.3 is 9.47 Å². The summed E-state index contributed by atoms with van der Waals surface area (Å²) >= 11 is 0. The molecule has 3 rings (SSSR count). The van der Waals surface area contributed by atoms with Crippen LogP contribution in [0.15, 0.2) is 48.2 Å². The smallest absolute Gasteiger partial charge is 0.308 e. The van der Waals surface area contributed by atoms with E-state index in [0.717, 1.165) is 5.56 Å². The Hall–Kier alpha value is -2.88. The highest BCUT2D eigenvalue weighted by Crippen LogP contribution is 2.35. The molecule has 0 saturated carbocycles. The molecule has 0 saturated heterocycles. The topological polar surface area (TPSA) is 52.6 Å². The third kappa shape index (κ3) is 3.23. The molecule has 0 spiro atoms. The maximum Gasteiger partial charge on any atom is 0.308 e. The number of benzene rings is 2. The van der Waals surface area contributed by atoms with E-state index in [1.54, 1.807) is 24.3 Å². The van der Waals surface area contributed by atoms with Gasteiger partial charge in [0.25, 0.3) is 0 Å². The van der Waals surface area contributed by atoms with Gasteiger partial charge in [-0.2, -0.15) is 0 Å². The highest BCUT2D eigenvalue weighted by molar-refractivity contribution is 6.14. The number of rotatable bonds is 3. The summed E-state index contributed by atoms with van der Waals surface area (Å²) < 4.78 is 10.7. The molecule has 0 amide bonds. The molecule has 0 unspecified atom stereocenters. The van der Waals surface area contributed by atoms with Crippen LogP contribution in [0.4, 0.5) is 0 Å². The van der Waals surface area contributed by atoms with Gasteiger partial charge in [0.05, 0.1) is 5.56 Å². The van der Waals surface area contributed by atoms with Gasteiger partial charge in [0.15, 0.2) is 5.76 Å². The van der Waals surface area contributed by atoms with Crippen molar-refractivity contribution >= 4 is 17.8 Å². The highest BCUT2D eigenvalue weighted by atomic mass is 16.5. The Kier molecular flexibility index (Phi) is 4.21. The minimum Gasteiger partial charge on any atom is -0.452 e. The quantitative estimate of drug-likeness (QED) is 0.479. The molecule has 24 heavy (non-hydrogen) atoms. The summed E-state index contributed by atoms with van der Waals surface area (Å²) in [6, 6.07) is 12.8. The first-order chi connectivity index (χ1) is 11.4. The fraction of sp³-hybridized carbons (Fsp3) is 0.200. The minimum atomic E-state index is -0.416. The van der Waals surface area contributed by atoms with E-state index in [2.05, 4.69) is 13.8 Å². The molecule has 0 aliphatic carbocycles. The average molecular weight is 322 g/mol. The molecule has 0 bridgehead atoms. The zero-order valence-corrected chi connectivity index (χ0v) is 13.8. The molecule has 1 aliphatic heterocycles. The van der Waals surface area contributed by atoms with Crippen molar-refractivity contribution in [1.29, 1.82) is 0 Å². The second kappa shape index (κ2) is 6.32. The third-order valence-electron chi connectivity index (χ3n) is 3.80. The number of hydrogen-bond acceptors (Lipinski definition) is 4. The van der Waals surface area contributed by atoms with Crippen LogP contribution in [0.2, 0.25) is 0 Å². The number of Topliss-reactive ketones (excluding diaryl/α,β-unsaturated/α-hetero) is 1. The monoisotopic (exact) mass is 322 g/mol. The number of carbonyl (C=O) groups excluding carboxylic acids is 2. The molecule has 2 aromatic carbocycles. The second-order valence-corrected chi connectivity index (χ2v) is 6.01. The van der Waals surface area contributed by atoms with Gasteiger partial charge in [-0.1, -0.05) is 38.1 Å². The number of allylic oxidation sites excluding steroid dienone is 1. The van der Waals surface area contributed by atoms with Crippen molar-refractivity contribution in [1.82, 2.24) is 0 Å². The standard InChI is InChI=1S/C20H18O4/c1-12(2)15-6-4-14(5-7-15)10-19-20(22)17-9-8-16(23-13(3)21)11-18(17)24-19/h4-12H,1-3H3. The lowest BCUT2D eigenvalue weighted by Crippen LogP contribution is -2.01. The maximum absolute atomic E-state index is 12.4. The van der Waals surface area contributed by atoms with Gasteiger partial charge in [0.1, 0.15) is 11.5 Å². The summed E-state index contributed by atoms with van der Waals surface area (Å²) in [6.07, 6.45) is 1.72. The van der Waals surface area contributed by atoms with Crippen molar-refractivity contribution in [3.8, 4) is 11.5 Å². The Bertz CT molecular complexity index is 829. The van der Waals surface area contributed by atoms with Gasteiger partial charge in [-0.05, 0) is 35.3 Å². The maximum atomic E-state index is 12.4. The summed E-state index contributed by atoms with van der Waals surface area (Å²) in [5.41, 5.74) is 2.61. The Balaban J connectivity index is 1.85. The minimum absolute atomic E-state index is 0.174. The van der Waals surface area contributed by atoms with Crippen LogP contribution in [-0.4, -0.2) is 11.8 Å². The van der Waals surface area contributed by atoms with Gasteiger partial charge in [-0.3, -0.25) is 9.59 Å². The van der Waals surface area contributed by atoms with Crippen molar-refractivity contribution in [3.63, 3.8) is 0 Å². The van der Waals surface area contributed by atoms with E-state index >= 15 is 0 Å². The van der Waals surface area contributed by atoms with E-state index in [4.69, 9.17) is 9.47 Å². The Labute approximate surface area is 140 Å². The first-order valence-corrected chi connectivity index (χ1v) is 7.80. The molecule has 0 radical (unpaired) electrons. The number of hydrogen-bond donors (Lipinski definition) is 0. The fourth-order valence-corrected chi connectivity index (χ4v) is 2.53. The predicted molar refractivity (Wildman–Crippen MR) is 91.2 cm³/mol. The van der Waals surface area contributed by atoms with Gasteiger partial charge in [-0.25, -0.2) is 0 Å². The molecule has 0 N–H and O–H groups in total. The van der Waals surface area contributed by atoms with Crippen molar-refractivity contribution in [2.24, 2.45) is 0 Å². The van der Waals surface area contributed by atoms with Crippen LogP contribution < -0.4 is 9.47 Å². The zero-order chi connectivity index (χ0) is 17.3. The van der Waals surface area contributed by atoms with E-state index in [0.29, 0.717) is 23.0 Å². The molecular weight excluding hydrogens is 304 g/mol. The van der Waals surface area contributed by atoms with Crippen LogP contribution in [0, 0.1) is 0 Å². The average Bonchev–Trinajstić information content (AvgIpc) is 2.83. The van der Waals surface area contributed by atoms with Crippen LogP contribution >= 0.6 is 0 Å². The van der Waals surface area contributed by atoms with Crippen LogP contribution in [0.25, 0.3) is 6.08 Å². The third-order valence-corrected chi connectivity index (χ3v) is 3.80. The lowest BCUT2D eigenvalue weighted by atomic mass is 10.0. The summed E-state index contributed by atoms with van der Waals surface area (Å²) in [5.74, 6) is 0.898. The van der Waals surface area contributed by atoms with Gasteiger partial charge in [-0.15, -0.1) is 0 Å². The SMILES string of the molecule is CC(=O)Oc1ccc2c(c1)OC(=Cc1ccc(C(C)C)cc1)C2=O. The molecule has 4 heteroatoms. The number of esters is 1. The predicted octanol–water partition coefficient (Wildman–Crippen LogP) is 4.35. The van der Waals surface area contributed by atoms with Crippen LogP contribution in [0.1, 0.15) is 48.2 Å². The first kappa shape index (κ1) is 16.0. The molecule has 1 aliphatic rings. The number of ether oxygens (including phenoxy) is 2. The molecule has 0 fully saturated rings. The Morgan fingerprint density at radius 3 is 2.46 bits per heavy atom. The van der Waals surface area contributed by atoms with Crippen LogP contribution in [0.3, 0.4) is 0 Å². The van der Waals surface area contributed by atoms with Crippen LogP contribution in [0.5, 0.6) is 11.5 Å².